The molecule has 2 heterocycles. The highest BCUT2D eigenvalue weighted by Gasteiger charge is 2.27. The monoisotopic (exact) mass is 350 g/mol. The Morgan fingerprint density at radius 1 is 1.38 bits per heavy atom. The van der Waals surface area contributed by atoms with Crippen molar-refractivity contribution in [2.24, 2.45) is 0 Å². The number of ether oxygens (including phenoxy) is 1. The molecule has 0 saturated carbocycles. The van der Waals surface area contributed by atoms with E-state index in [1.807, 2.05) is 32.9 Å². The maximum atomic E-state index is 12.2. The number of para-hydroxylation sites is 1. The largest absolute Gasteiger partial charge is 0.444 e. The van der Waals surface area contributed by atoms with Crippen LogP contribution in [0, 0.1) is 0 Å². The minimum atomic E-state index is -0.458. The molecule has 1 N–H and O–H groups in total. The van der Waals surface area contributed by atoms with Gasteiger partial charge in [0.2, 0.25) is 0 Å². The first-order chi connectivity index (χ1) is 9.85. The molecule has 0 aliphatic carbocycles. The average Bonchev–Trinajstić information content (AvgIpc) is 2.76. The highest BCUT2D eigenvalue weighted by atomic mass is 79.9. The van der Waals surface area contributed by atoms with Crippen LogP contribution in [0.4, 0.5) is 4.79 Å². The van der Waals surface area contributed by atoms with Crippen LogP contribution >= 0.6 is 15.9 Å². The molecule has 2 aromatic rings. The van der Waals surface area contributed by atoms with Crippen molar-refractivity contribution < 1.29 is 9.53 Å². The Kier molecular flexibility index (Phi) is 3.48. The molecular formula is C16H19BrN2O2. The number of nitrogens with one attached hydrogen (secondary N) is 1. The lowest BCUT2D eigenvalue weighted by atomic mass is 10.0. The minimum absolute atomic E-state index is 0.245. The second-order valence-corrected chi connectivity index (χ2v) is 7.25. The number of carbonyl (C=O) groups is 1. The summed E-state index contributed by atoms with van der Waals surface area (Å²) in [5.41, 5.74) is 3.06. The number of halogens is 1. The summed E-state index contributed by atoms with van der Waals surface area (Å²) >= 11 is 3.57. The zero-order chi connectivity index (χ0) is 15.2. The number of amides is 1. The van der Waals surface area contributed by atoms with Crippen LogP contribution in [0.5, 0.6) is 0 Å². The third kappa shape index (κ3) is 2.79. The number of carbonyl (C=O) groups excluding carboxylic acids is 1. The number of hydrogen-bond acceptors (Lipinski definition) is 2. The number of rotatable bonds is 0. The lowest BCUT2D eigenvalue weighted by molar-refractivity contribution is 0.0222. The topological polar surface area (TPSA) is 45.3 Å². The molecule has 1 aliphatic heterocycles. The van der Waals surface area contributed by atoms with Gasteiger partial charge in [0, 0.05) is 22.1 Å². The summed E-state index contributed by atoms with van der Waals surface area (Å²) < 4.78 is 6.51. The van der Waals surface area contributed by atoms with E-state index in [9.17, 15) is 4.79 Å². The fraction of sp³-hybridized carbons (Fsp3) is 0.438. The first kappa shape index (κ1) is 14.4. The first-order valence-electron chi connectivity index (χ1n) is 7.11. The van der Waals surface area contributed by atoms with Crippen molar-refractivity contribution in [3.63, 3.8) is 0 Å². The van der Waals surface area contributed by atoms with E-state index in [0.717, 1.165) is 22.1 Å². The Hall–Kier alpha value is -1.49. The molecule has 0 spiro atoms. The lowest BCUT2D eigenvalue weighted by Gasteiger charge is -2.30. The molecule has 21 heavy (non-hydrogen) atoms. The summed E-state index contributed by atoms with van der Waals surface area (Å²) in [5.74, 6) is 0. The molecule has 1 aromatic heterocycles. The van der Waals surface area contributed by atoms with Crippen LogP contribution in [0.2, 0.25) is 0 Å². The Labute approximate surface area is 132 Å². The number of hydrogen-bond donors (Lipinski definition) is 1. The van der Waals surface area contributed by atoms with Gasteiger partial charge < -0.3 is 14.6 Å². The number of fused-ring (bicyclic) bond motifs is 3. The lowest BCUT2D eigenvalue weighted by Crippen LogP contribution is -2.39. The Balaban J connectivity index is 1.88. The van der Waals surface area contributed by atoms with Crippen molar-refractivity contribution in [2.75, 3.05) is 6.54 Å². The zero-order valence-electron chi connectivity index (χ0n) is 12.5. The molecule has 112 valence electrons. The highest BCUT2D eigenvalue weighted by Crippen LogP contribution is 2.32. The van der Waals surface area contributed by atoms with Crippen molar-refractivity contribution >= 4 is 32.9 Å². The summed E-state index contributed by atoms with van der Waals surface area (Å²) in [5, 5.41) is 1.24. The third-order valence-corrected chi connectivity index (χ3v) is 4.27. The Morgan fingerprint density at radius 3 is 2.86 bits per heavy atom. The molecule has 3 rings (SSSR count). The summed E-state index contributed by atoms with van der Waals surface area (Å²) in [6.07, 6.45) is 0.608. The smallest absolute Gasteiger partial charge is 0.410 e. The molecule has 0 unspecified atom stereocenters. The second kappa shape index (κ2) is 5.05. The normalized spacial score (nSPS) is 15.1. The van der Waals surface area contributed by atoms with Gasteiger partial charge in [-0.25, -0.2) is 4.79 Å². The fourth-order valence-electron chi connectivity index (χ4n) is 2.71. The van der Waals surface area contributed by atoms with Gasteiger partial charge in [0.05, 0.1) is 12.1 Å². The molecule has 4 nitrogen and oxygen atoms in total. The van der Waals surface area contributed by atoms with Gasteiger partial charge in [0.1, 0.15) is 5.60 Å². The van der Waals surface area contributed by atoms with E-state index in [4.69, 9.17) is 4.74 Å². The quantitative estimate of drug-likeness (QED) is 0.772. The first-order valence-corrected chi connectivity index (χ1v) is 7.90. The van der Waals surface area contributed by atoms with Crippen LogP contribution < -0.4 is 0 Å². The maximum absolute atomic E-state index is 12.2. The van der Waals surface area contributed by atoms with Gasteiger partial charge in [-0.3, -0.25) is 0 Å². The molecule has 0 fully saturated rings. The van der Waals surface area contributed by atoms with Gasteiger partial charge in [-0.15, -0.1) is 0 Å². The molecule has 1 aromatic carbocycles. The Morgan fingerprint density at radius 2 is 2.14 bits per heavy atom. The van der Waals surface area contributed by atoms with E-state index in [-0.39, 0.29) is 6.09 Å². The van der Waals surface area contributed by atoms with Gasteiger partial charge in [0.25, 0.3) is 0 Å². The number of benzene rings is 1. The predicted octanol–water partition coefficient (Wildman–Crippen LogP) is 4.22. The van der Waals surface area contributed by atoms with E-state index < -0.39 is 5.60 Å². The molecule has 0 atom stereocenters. The number of aromatic amines is 1. The Bertz CT molecular complexity index is 700. The number of nitrogens with zero attached hydrogens (tertiary/aromatic N) is 1. The fourth-order valence-corrected chi connectivity index (χ4v) is 3.18. The summed E-state index contributed by atoms with van der Waals surface area (Å²) in [4.78, 5) is 17.4. The van der Waals surface area contributed by atoms with Crippen molar-refractivity contribution in [2.45, 2.75) is 39.3 Å². The van der Waals surface area contributed by atoms with Crippen LogP contribution in [-0.4, -0.2) is 28.1 Å². The van der Waals surface area contributed by atoms with Crippen LogP contribution in [0.3, 0.4) is 0 Å². The van der Waals surface area contributed by atoms with Crippen LogP contribution in [0.1, 0.15) is 32.0 Å². The van der Waals surface area contributed by atoms with Crippen molar-refractivity contribution in [3.05, 3.63) is 33.9 Å². The third-order valence-electron chi connectivity index (χ3n) is 3.61. The van der Waals surface area contributed by atoms with Gasteiger partial charge in [-0.05, 0) is 54.8 Å². The van der Waals surface area contributed by atoms with Crippen LogP contribution in [0.25, 0.3) is 10.9 Å². The second-order valence-electron chi connectivity index (χ2n) is 6.40. The van der Waals surface area contributed by atoms with Crippen LogP contribution in [-0.2, 0) is 17.7 Å². The van der Waals surface area contributed by atoms with Crippen molar-refractivity contribution in [1.82, 2.24) is 9.88 Å². The zero-order valence-corrected chi connectivity index (χ0v) is 14.1. The van der Waals surface area contributed by atoms with Gasteiger partial charge in [-0.2, -0.15) is 0 Å². The highest BCUT2D eigenvalue weighted by molar-refractivity contribution is 9.10. The van der Waals surface area contributed by atoms with E-state index in [1.54, 1.807) is 4.90 Å². The molecule has 0 bridgehead atoms. The molecule has 0 radical (unpaired) electrons. The van der Waals surface area contributed by atoms with E-state index in [0.29, 0.717) is 13.1 Å². The summed E-state index contributed by atoms with van der Waals surface area (Å²) in [7, 11) is 0. The summed E-state index contributed by atoms with van der Waals surface area (Å²) in [6.45, 7) is 6.94. The van der Waals surface area contributed by atoms with E-state index in [2.05, 4.69) is 27.0 Å². The van der Waals surface area contributed by atoms with E-state index in [1.165, 1.54) is 10.9 Å². The molecular weight excluding hydrogens is 332 g/mol. The summed E-state index contributed by atoms with van der Waals surface area (Å²) in [6, 6.07) is 6.19. The molecule has 0 saturated heterocycles. The maximum Gasteiger partial charge on any atom is 0.410 e. The van der Waals surface area contributed by atoms with Crippen molar-refractivity contribution in [1.29, 1.82) is 0 Å². The molecule has 1 amide bonds. The van der Waals surface area contributed by atoms with Crippen molar-refractivity contribution in [3.8, 4) is 0 Å². The predicted molar refractivity (Wildman–Crippen MR) is 86.3 cm³/mol. The van der Waals surface area contributed by atoms with Gasteiger partial charge in [0.15, 0.2) is 0 Å². The number of aromatic nitrogens is 1. The average molecular weight is 351 g/mol. The standard InChI is InChI=1S/C16H19BrN2O2/c1-16(2,3)21-15(20)19-8-7-10-11-5-4-6-12(17)14(11)18-13(10)9-19/h4-6,18H,7-9H2,1-3H3. The SMILES string of the molecule is CC(C)(C)OC(=O)N1CCc2c([nH]c3c(Br)cccc23)C1. The minimum Gasteiger partial charge on any atom is -0.444 e. The van der Waals surface area contributed by atoms with Gasteiger partial charge in [-0.1, -0.05) is 12.1 Å². The number of H-pyrrole nitrogens is 1. The molecule has 1 aliphatic rings. The molecule has 5 heteroatoms. The van der Waals surface area contributed by atoms with Crippen LogP contribution in [0.15, 0.2) is 22.7 Å². The van der Waals surface area contributed by atoms with E-state index >= 15 is 0 Å². The van der Waals surface area contributed by atoms with Gasteiger partial charge >= 0.3 is 6.09 Å².